The molecule has 104 valence electrons. The van der Waals surface area contributed by atoms with Crippen LogP contribution in [0.3, 0.4) is 0 Å². The molecule has 1 atom stereocenters. The summed E-state index contributed by atoms with van der Waals surface area (Å²) in [5.41, 5.74) is 3.12. The third-order valence-electron chi connectivity index (χ3n) is 5.13. The summed E-state index contributed by atoms with van der Waals surface area (Å²) in [4.78, 5) is 0. The van der Waals surface area contributed by atoms with Crippen molar-refractivity contribution >= 4 is 8.07 Å². The molecule has 1 N–H and O–H groups in total. The summed E-state index contributed by atoms with van der Waals surface area (Å²) in [6.07, 6.45) is 5.90. The molecule has 0 amide bonds. The van der Waals surface area contributed by atoms with Gasteiger partial charge in [-0.25, -0.2) is 0 Å². The Bertz CT molecular complexity index is 325. The van der Waals surface area contributed by atoms with Crippen molar-refractivity contribution in [2.45, 2.75) is 77.1 Å². The Kier molecular flexibility index (Phi) is 5.05. The minimum absolute atomic E-state index is 0.239. The van der Waals surface area contributed by atoms with E-state index in [4.69, 9.17) is 0 Å². The van der Waals surface area contributed by atoms with Gasteiger partial charge >= 0.3 is 0 Å². The van der Waals surface area contributed by atoms with Crippen molar-refractivity contribution in [3.8, 4) is 0 Å². The minimum atomic E-state index is -1.69. The van der Waals surface area contributed by atoms with Crippen LogP contribution >= 0.6 is 0 Å². The van der Waals surface area contributed by atoms with E-state index in [9.17, 15) is 5.11 Å². The van der Waals surface area contributed by atoms with Gasteiger partial charge in [0.15, 0.2) is 0 Å². The average Bonchev–Trinajstić information content (AvgIpc) is 2.29. The van der Waals surface area contributed by atoms with Gasteiger partial charge in [0.1, 0.15) is 0 Å². The molecule has 0 radical (unpaired) electrons. The highest BCUT2D eigenvalue weighted by Crippen LogP contribution is 2.43. The van der Waals surface area contributed by atoms with Gasteiger partial charge in [-0.2, -0.15) is 0 Å². The zero-order valence-electron chi connectivity index (χ0n) is 12.8. The lowest BCUT2D eigenvalue weighted by Gasteiger charge is -2.42. The molecule has 1 nitrogen and oxygen atoms in total. The van der Waals surface area contributed by atoms with E-state index in [0.717, 1.165) is 5.20 Å². The Labute approximate surface area is 114 Å². The molecular weight excluding hydrogens is 236 g/mol. The molecule has 18 heavy (non-hydrogen) atoms. The van der Waals surface area contributed by atoms with Crippen molar-refractivity contribution < 1.29 is 5.11 Å². The molecule has 1 rings (SSSR count). The van der Waals surface area contributed by atoms with E-state index in [0.29, 0.717) is 5.92 Å². The second-order valence-electron chi connectivity index (χ2n) is 7.31. The number of aliphatic hydroxyl groups is 1. The van der Waals surface area contributed by atoms with Gasteiger partial charge in [-0.1, -0.05) is 59.7 Å². The molecule has 0 aliphatic heterocycles. The van der Waals surface area contributed by atoms with Crippen molar-refractivity contribution in [2.24, 2.45) is 5.92 Å². The molecule has 0 bridgehead atoms. The van der Waals surface area contributed by atoms with Gasteiger partial charge in [-0.05, 0) is 29.0 Å². The smallest absolute Gasteiger partial charge is 0.0940 e. The lowest BCUT2D eigenvalue weighted by atomic mass is 9.85. The molecule has 0 saturated heterocycles. The maximum Gasteiger partial charge on any atom is 0.0940 e. The first-order chi connectivity index (χ1) is 8.21. The fraction of sp³-hybridized carbons (Fsp3) is 0.812. The van der Waals surface area contributed by atoms with E-state index in [-0.39, 0.29) is 11.1 Å². The van der Waals surface area contributed by atoms with E-state index < -0.39 is 8.07 Å². The Hall–Kier alpha value is -0.303. The maximum atomic E-state index is 10.7. The quantitative estimate of drug-likeness (QED) is 0.580. The summed E-state index contributed by atoms with van der Waals surface area (Å²) in [7, 11) is -1.69. The first-order valence-corrected chi connectivity index (χ1v) is 10.3. The largest absolute Gasteiger partial charge is 0.388 e. The van der Waals surface area contributed by atoms with Crippen LogP contribution in [0.25, 0.3) is 0 Å². The number of hydrogen-bond acceptors (Lipinski definition) is 1. The third kappa shape index (κ3) is 3.17. The molecule has 1 saturated carbocycles. The molecule has 0 spiro atoms. The van der Waals surface area contributed by atoms with Gasteiger partial charge in [0.2, 0.25) is 0 Å². The van der Waals surface area contributed by atoms with E-state index >= 15 is 0 Å². The summed E-state index contributed by atoms with van der Waals surface area (Å²) >= 11 is 0. The van der Waals surface area contributed by atoms with Crippen LogP contribution in [0.1, 0.15) is 52.9 Å². The standard InChI is InChI=1S/C16H30OSi/c1-7-14(18(5,6)16(2,3)4)15(17)13-11-9-8-10-12-13/h13,15,17H,1,8-12H2,2-6H3. The van der Waals surface area contributed by atoms with Crippen molar-refractivity contribution in [2.75, 3.05) is 0 Å². The maximum absolute atomic E-state index is 10.7. The number of hydrogen-bond donors (Lipinski definition) is 1. The van der Waals surface area contributed by atoms with Crippen molar-refractivity contribution in [3.05, 3.63) is 17.5 Å². The van der Waals surface area contributed by atoms with Gasteiger partial charge in [0, 0.05) is 0 Å². The average molecular weight is 267 g/mol. The predicted octanol–water partition coefficient (Wildman–Crippen LogP) is 4.69. The predicted molar refractivity (Wildman–Crippen MR) is 82.4 cm³/mol. The minimum Gasteiger partial charge on any atom is -0.388 e. The van der Waals surface area contributed by atoms with Crippen molar-refractivity contribution in [1.29, 1.82) is 0 Å². The highest BCUT2D eigenvalue weighted by molar-refractivity contribution is 6.86. The first kappa shape index (κ1) is 15.8. The van der Waals surface area contributed by atoms with Gasteiger partial charge in [0.05, 0.1) is 14.2 Å². The summed E-state index contributed by atoms with van der Waals surface area (Å²) < 4.78 is 0. The Morgan fingerprint density at radius 1 is 1.22 bits per heavy atom. The second kappa shape index (κ2) is 5.77. The zero-order valence-corrected chi connectivity index (χ0v) is 13.8. The van der Waals surface area contributed by atoms with E-state index in [2.05, 4.69) is 46.2 Å². The summed E-state index contributed by atoms with van der Waals surface area (Å²) in [6, 6.07) is 0. The van der Waals surface area contributed by atoms with E-state index in [1.165, 1.54) is 32.1 Å². The Balaban J connectivity index is 2.93. The number of aliphatic hydroxyl groups excluding tert-OH is 1. The topological polar surface area (TPSA) is 20.2 Å². The van der Waals surface area contributed by atoms with Crippen LogP contribution in [0.5, 0.6) is 0 Å². The van der Waals surface area contributed by atoms with Crippen LogP contribution < -0.4 is 0 Å². The summed E-state index contributed by atoms with van der Waals surface area (Å²) in [5.74, 6) is 0.442. The number of rotatable bonds is 3. The van der Waals surface area contributed by atoms with Gasteiger partial charge in [-0.15, -0.1) is 5.73 Å². The second-order valence-corrected chi connectivity index (χ2v) is 12.6. The highest BCUT2D eigenvalue weighted by Gasteiger charge is 2.42. The summed E-state index contributed by atoms with van der Waals surface area (Å²) in [5, 5.41) is 12.1. The third-order valence-corrected chi connectivity index (χ3v) is 10.7. The Morgan fingerprint density at radius 2 is 1.72 bits per heavy atom. The highest BCUT2D eigenvalue weighted by atomic mass is 28.3. The van der Waals surface area contributed by atoms with Crippen molar-refractivity contribution in [3.63, 3.8) is 0 Å². The van der Waals surface area contributed by atoms with E-state index in [1.807, 2.05) is 0 Å². The van der Waals surface area contributed by atoms with Crippen LogP contribution in [0.2, 0.25) is 18.1 Å². The van der Waals surface area contributed by atoms with Crippen LogP contribution in [-0.4, -0.2) is 19.3 Å². The monoisotopic (exact) mass is 266 g/mol. The zero-order chi connectivity index (χ0) is 14.0. The summed E-state index contributed by atoms with van der Waals surface area (Å²) in [6.45, 7) is 15.4. The van der Waals surface area contributed by atoms with Gasteiger partial charge in [-0.3, -0.25) is 0 Å². The van der Waals surface area contributed by atoms with Gasteiger partial charge < -0.3 is 5.11 Å². The van der Waals surface area contributed by atoms with Crippen molar-refractivity contribution in [1.82, 2.24) is 0 Å². The molecule has 2 heteroatoms. The normalized spacial score (nSPS) is 20.3. The fourth-order valence-electron chi connectivity index (χ4n) is 2.78. The molecule has 1 unspecified atom stereocenters. The molecule has 0 aromatic heterocycles. The van der Waals surface area contributed by atoms with Crippen LogP contribution in [0.15, 0.2) is 17.5 Å². The first-order valence-electron chi connectivity index (χ1n) is 7.30. The molecule has 0 heterocycles. The molecule has 0 aromatic rings. The van der Waals surface area contributed by atoms with Gasteiger partial charge in [0.25, 0.3) is 0 Å². The molecular formula is C16H30OSi. The Morgan fingerprint density at radius 3 is 2.11 bits per heavy atom. The molecule has 1 aliphatic rings. The molecule has 0 aromatic carbocycles. The van der Waals surface area contributed by atoms with Crippen LogP contribution in [0.4, 0.5) is 0 Å². The van der Waals surface area contributed by atoms with Crippen LogP contribution in [0, 0.1) is 5.92 Å². The molecule has 1 fully saturated rings. The van der Waals surface area contributed by atoms with Crippen LogP contribution in [-0.2, 0) is 0 Å². The lowest BCUT2D eigenvalue weighted by molar-refractivity contribution is 0.120. The fourth-order valence-corrected chi connectivity index (χ4v) is 5.01. The SMILES string of the molecule is C=C=C(C(O)C1CCCCC1)[Si](C)(C)C(C)(C)C. The van der Waals surface area contributed by atoms with E-state index in [1.54, 1.807) is 0 Å². The lowest BCUT2D eigenvalue weighted by Crippen LogP contribution is -2.45. The molecule has 1 aliphatic carbocycles.